The summed E-state index contributed by atoms with van der Waals surface area (Å²) in [6.07, 6.45) is 0.403. The highest BCUT2D eigenvalue weighted by atomic mass is 16.6. The molecule has 0 heterocycles. The van der Waals surface area contributed by atoms with Gasteiger partial charge in [0, 0.05) is 24.0 Å². The van der Waals surface area contributed by atoms with Gasteiger partial charge < -0.3 is 9.90 Å². The van der Waals surface area contributed by atoms with Gasteiger partial charge in [0.2, 0.25) is 0 Å². The zero-order chi connectivity index (χ0) is 11.4. The largest absolute Gasteiger partial charge is 0.549 e. The quantitative estimate of drug-likeness (QED) is 0.542. The van der Waals surface area contributed by atoms with Crippen LogP contribution in [-0.2, 0) is 4.79 Å². The molecule has 0 amide bonds. The molecule has 0 aromatic heterocycles. The van der Waals surface area contributed by atoms with E-state index in [9.17, 15) is 20.0 Å². The average molecular weight is 208 g/mol. The summed E-state index contributed by atoms with van der Waals surface area (Å²) in [4.78, 5) is 20.5. The topological polar surface area (TPSA) is 83.3 Å². The summed E-state index contributed by atoms with van der Waals surface area (Å²) in [5, 5.41) is 21.1. The molecule has 0 fully saturated rings. The van der Waals surface area contributed by atoms with Crippen molar-refractivity contribution < 1.29 is 14.8 Å². The van der Waals surface area contributed by atoms with Crippen LogP contribution in [0.1, 0.15) is 24.8 Å². The lowest BCUT2D eigenvalue weighted by Gasteiger charge is -2.15. The smallest absolute Gasteiger partial charge is 0.269 e. The fourth-order valence-corrected chi connectivity index (χ4v) is 1.37. The van der Waals surface area contributed by atoms with Crippen molar-refractivity contribution in [2.45, 2.75) is 19.3 Å². The standard InChI is InChI=1S/C10H11NO4/c1-2-9(10(12)13)7-3-5-8(6-4-7)11(14)15/h3-6,9H,2H2,1H3,(H,12,13)/p-1. The lowest BCUT2D eigenvalue weighted by Crippen LogP contribution is -2.29. The molecule has 1 aromatic carbocycles. The molecule has 5 heteroatoms. The Hall–Kier alpha value is -1.91. The van der Waals surface area contributed by atoms with Gasteiger partial charge in [0.05, 0.1) is 4.92 Å². The Labute approximate surface area is 86.5 Å². The second-order valence-corrected chi connectivity index (χ2v) is 3.13. The number of hydrogen-bond acceptors (Lipinski definition) is 4. The van der Waals surface area contributed by atoms with E-state index < -0.39 is 16.8 Å². The van der Waals surface area contributed by atoms with Crippen molar-refractivity contribution in [3.05, 3.63) is 39.9 Å². The van der Waals surface area contributed by atoms with Crippen molar-refractivity contribution in [1.82, 2.24) is 0 Å². The normalized spacial score (nSPS) is 12.1. The highest BCUT2D eigenvalue weighted by Crippen LogP contribution is 2.21. The highest BCUT2D eigenvalue weighted by Gasteiger charge is 2.12. The van der Waals surface area contributed by atoms with Gasteiger partial charge in [-0.15, -0.1) is 0 Å². The maximum absolute atomic E-state index is 10.7. The van der Waals surface area contributed by atoms with Gasteiger partial charge in [-0.25, -0.2) is 0 Å². The number of nitro groups is 1. The van der Waals surface area contributed by atoms with Gasteiger partial charge in [-0.05, 0) is 12.0 Å². The molecule has 15 heavy (non-hydrogen) atoms. The summed E-state index contributed by atoms with van der Waals surface area (Å²) in [5.41, 5.74) is 0.482. The second-order valence-electron chi connectivity index (χ2n) is 3.13. The number of benzene rings is 1. The van der Waals surface area contributed by atoms with E-state index >= 15 is 0 Å². The molecule has 1 aromatic rings. The van der Waals surface area contributed by atoms with E-state index in [1.807, 2.05) is 0 Å². The van der Waals surface area contributed by atoms with Gasteiger partial charge in [0.15, 0.2) is 0 Å². The number of aliphatic carboxylic acids is 1. The van der Waals surface area contributed by atoms with E-state index in [0.29, 0.717) is 12.0 Å². The molecule has 1 rings (SSSR count). The predicted octanol–water partition coefficient (Wildman–Crippen LogP) is 0.838. The van der Waals surface area contributed by atoms with Crippen molar-refractivity contribution in [1.29, 1.82) is 0 Å². The zero-order valence-corrected chi connectivity index (χ0v) is 8.17. The van der Waals surface area contributed by atoms with Gasteiger partial charge >= 0.3 is 0 Å². The van der Waals surface area contributed by atoms with Crippen LogP contribution in [-0.4, -0.2) is 10.9 Å². The molecule has 0 aliphatic heterocycles. The van der Waals surface area contributed by atoms with E-state index in [-0.39, 0.29) is 5.69 Å². The molecular formula is C10H10NO4-. The number of carboxylic acid groups (broad SMARTS) is 1. The number of nitro benzene ring substituents is 1. The predicted molar refractivity (Wildman–Crippen MR) is 51.1 cm³/mol. The van der Waals surface area contributed by atoms with Gasteiger partial charge in [-0.1, -0.05) is 19.1 Å². The van der Waals surface area contributed by atoms with Crippen LogP contribution in [0.25, 0.3) is 0 Å². The Balaban J connectivity index is 2.97. The maximum Gasteiger partial charge on any atom is 0.269 e. The molecule has 1 atom stereocenters. The van der Waals surface area contributed by atoms with Crippen LogP contribution in [0.15, 0.2) is 24.3 Å². The summed E-state index contributed by atoms with van der Waals surface area (Å²) in [6, 6.07) is 5.48. The van der Waals surface area contributed by atoms with Crippen LogP contribution in [0, 0.1) is 10.1 Å². The third kappa shape index (κ3) is 2.52. The maximum atomic E-state index is 10.7. The second kappa shape index (κ2) is 4.54. The SMILES string of the molecule is CCC(C(=O)[O-])c1ccc([N+](=O)[O-])cc1. The van der Waals surface area contributed by atoms with E-state index in [0.717, 1.165) is 0 Å². The number of nitrogens with zero attached hydrogens (tertiary/aromatic N) is 1. The minimum absolute atomic E-state index is 0.0491. The van der Waals surface area contributed by atoms with Gasteiger partial charge in [-0.3, -0.25) is 10.1 Å². The molecule has 5 nitrogen and oxygen atoms in total. The summed E-state index contributed by atoms with van der Waals surface area (Å²) < 4.78 is 0. The van der Waals surface area contributed by atoms with E-state index in [1.54, 1.807) is 6.92 Å². The van der Waals surface area contributed by atoms with Crippen molar-refractivity contribution in [3.63, 3.8) is 0 Å². The van der Waals surface area contributed by atoms with Crippen LogP contribution < -0.4 is 5.11 Å². The zero-order valence-electron chi connectivity index (χ0n) is 8.17. The summed E-state index contributed by atoms with van der Waals surface area (Å²) >= 11 is 0. The molecule has 80 valence electrons. The third-order valence-electron chi connectivity index (χ3n) is 2.20. The fraction of sp³-hybridized carbons (Fsp3) is 0.300. The Morgan fingerprint density at radius 1 is 1.40 bits per heavy atom. The van der Waals surface area contributed by atoms with E-state index in [4.69, 9.17) is 0 Å². The summed E-state index contributed by atoms with van der Waals surface area (Å²) in [5.74, 6) is -1.86. The Kier molecular flexibility index (Phi) is 3.38. The number of carboxylic acids is 1. The van der Waals surface area contributed by atoms with Crippen LogP contribution in [0.2, 0.25) is 0 Å². The molecule has 0 N–H and O–H groups in total. The summed E-state index contributed by atoms with van der Waals surface area (Å²) in [6.45, 7) is 1.72. The van der Waals surface area contributed by atoms with E-state index in [2.05, 4.69) is 0 Å². The first kappa shape index (κ1) is 11.2. The highest BCUT2D eigenvalue weighted by molar-refractivity contribution is 5.74. The molecule has 1 unspecified atom stereocenters. The number of hydrogen-bond donors (Lipinski definition) is 0. The fourth-order valence-electron chi connectivity index (χ4n) is 1.37. The molecule has 0 bridgehead atoms. The first-order valence-electron chi connectivity index (χ1n) is 4.51. The number of carbonyl (C=O) groups is 1. The third-order valence-corrected chi connectivity index (χ3v) is 2.20. The molecule has 0 spiro atoms. The minimum Gasteiger partial charge on any atom is -0.549 e. The van der Waals surface area contributed by atoms with Crippen LogP contribution in [0.4, 0.5) is 5.69 Å². The first-order valence-corrected chi connectivity index (χ1v) is 4.51. The van der Waals surface area contributed by atoms with Crippen molar-refractivity contribution in [2.24, 2.45) is 0 Å². The van der Waals surface area contributed by atoms with Crippen molar-refractivity contribution >= 4 is 11.7 Å². The molecule has 0 aliphatic rings. The van der Waals surface area contributed by atoms with Gasteiger partial charge in [-0.2, -0.15) is 0 Å². The first-order chi connectivity index (χ1) is 7.06. The number of rotatable bonds is 4. The van der Waals surface area contributed by atoms with Crippen LogP contribution in [0.5, 0.6) is 0 Å². The minimum atomic E-state index is -1.16. The molecular weight excluding hydrogens is 198 g/mol. The average Bonchev–Trinajstić information content (AvgIpc) is 2.19. The monoisotopic (exact) mass is 208 g/mol. The molecule has 0 saturated heterocycles. The molecule has 0 saturated carbocycles. The Morgan fingerprint density at radius 3 is 2.27 bits per heavy atom. The van der Waals surface area contributed by atoms with Crippen LogP contribution >= 0.6 is 0 Å². The van der Waals surface area contributed by atoms with E-state index in [1.165, 1.54) is 24.3 Å². The number of carbonyl (C=O) groups excluding carboxylic acids is 1. The Bertz CT molecular complexity index is 372. The van der Waals surface area contributed by atoms with Gasteiger partial charge in [0.1, 0.15) is 0 Å². The van der Waals surface area contributed by atoms with Crippen molar-refractivity contribution in [2.75, 3.05) is 0 Å². The molecule has 0 aliphatic carbocycles. The number of non-ortho nitro benzene ring substituents is 1. The van der Waals surface area contributed by atoms with Crippen LogP contribution in [0.3, 0.4) is 0 Å². The van der Waals surface area contributed by atoms with Gasteiger partial charge in [0.25, 0.3) is 5.69 Å². The molecule has 0 radical (unpaired) electrons. The lowest BCUT2D eigenvalue weighted by molar-refractivity contribution is -0.384. The lowest BCUT2D eigenvalue weighted by atomic mass is 9.97. The Morgan fingerprint density at radius 2 is 1.93 bits per heavy atom. The summed E-state index contributed by atoms with van der Waals surface area (Å²) in [7, 11) is 0. The van der Waals surface area contributed by atoms with Crippen molar-refractivity contribution in [3.8, 4) is 0 Å².